The van der Waals surface area contributed by atoms with Crippen molar-refractivity contribution in [3.05, 3.63) is 35.9 Å². The Morgan fingerprint density at radius 1 is 1.23 bits per heavy atom. The summed E-state index contributed by atoms with van der Waals surface area (Å²) in [5.41, 5.74) is 0.889. The minimum atomic E-state index is -1.24. The number of ketones is 1. The molecule has 0 aliphatic carbocycles. The van der Waals surface area contributed by atoms with Crippen molar-refractivity contribution in [2.24, 2.45) is 0 Å². The van der Waals surface area contributed by atoms with Gasteiger partial charge in [0.25, 0.3) is 0 Å². The first-order chi connectivity index (χ1) is 10.5. The van der Waals surface area contributed by atoms with Crippen LogP contribution in [0.1, 0.15) is 25.3 Å². The fourth-order valence-corrected chi connectivity index (χ4v) is 1.80. The lowest BCUT2D eigenvalue weighted by atomic mass is 10.1. The molecule has 7 nitrogen and oxygen atoms in total. The van der Waals surface area contributed by atoms with Gasteiger partial charge >= 0.3 is 12.2 Å². The first-order valence-corrected chi connectivity index (χ1v) is 6.93. The van der Waals surface area contributed by atoms with Crippen molar-refractivity contribution < 1.29 is 24.2 Å². The number of nitrogens with one attached hydrogen (secondary N) is 2. The van der Waals surface area contributed by atoms with E-state index in [0.29, 0.717) is 19.4 Å². The number of hydrogen-bond acceptors (Lipinski definition) is 4. The number of alkyl carbamates (subject to hydrolysis) is 1. The molecule has 2 amide bonds. The van der Waals surface area contributed by atoms with Gasteiger partial charge in [-0.15, -0.1) is 0 Å². The molecule has 0 saturated carbocycles. The largest absolute Gasteiger partial charge is 0.465 e. The lowest BCUT2D eigenvalue weighted by molar-refractivity contribution is -0.119. The summed E-state index contributed by atoms with van der Waals surface area (Å²) in [6, 6.07) is 8.53. The van der Waals surface area contributed by atoms with Crippen LogP contribution in [0.15, 0.2) is 30.3 Å². The van der Waals surface area contributed by atoms with Crippen LogP contribution in [-0.2, 0) is 16.1 Å². The Hall–Kier alpha value is -2.57. The fraction of sp³-hybridized carbons (Fsp3) is 0.400. The molecule has 1 aromatic carbocycles. The van der Waals surface area contributed by atoms with Crippen molar-refractivity contribution in [2.45, 2.75) is 32.4 Å². The minimum absolute atomic E-state index is 0.184. The molecule has 0 heterocycles. The zero-order chi connectivity index (χ0) is 16.4. The second-order valence-electron chi connectivity index (χ2n) is 4.74. The van der Waals surface area contributed by atoms with Crippen LogP contribution in [0, 0.1) is 0 Å². The fourth-order valence-electron chi connectivity index (χ4n) is 1.80. The SMILES string of the molecule is CC(=O)[C@H](CCCNC(=O)OCc1ccccc1)NC(=O)O. The van der Waals surface area contributed by atoms with Gasteiger partial charge in [0.05, 0.1) is 6.04 Å². The summed E-state index contributed by atoms with van der Waals surface area (Å²) < 4.78 is 5.02. The molecule has 120 valence electrons. The smallest absolute Gasteiger partial charge is 0.407 e. The standard InChI is InChI=1S/C15H20N2O5/c1-11(18)13(17-14(19)20)8-5-9-16-15(21)22-10-12-6-3-2-4-7-12/h2-4,6-7,13,17H,5,8-10H2,1H3,(H,16,21)(H,19,20)/t13-/m0/s1. The van der Waals surface area contributed by atoms with Crippen molar-refractivity contribution in [3.8, 4) is 0 Å². The van der Waals surface area contributed by atoms with Crippen LogP contribution >= 0.6 is 0 Å². The Bertz CT molecular complexity index is 504. The van der Waals surface area contributed by atoms with Gasteiger partial charge < -0.3 is 20.5 Å². The zero-order valence-corrected chi connectivity index (χ0v) is 12.4. The normalized spacial score (nSPS) is 11.3. The highest BCUT2D eigenvalue weighted by atomic mass is 16.5. The van der Waals surface area contributed by atoms with Gasteiger partial charge in [0.1, 0.15) is 6.61 Å². The van der Waals surface area contributed by atoms with E-state index in [1.54, 1.807) is 0 Å². The van der Waals surface area contributed by atoms with Gasteiger partial charge in [0, 0.05) is 6.54 Å². The molecule has 3 N–H and O–H groups in total. The molecule has 7 heteroatoms. The van der Waals surface area contributed by atoms with Crippen LogP contribution in [0.2, 0.25) is 0 Å². The molecule has 0 bridgehead atoms. The highest BCUT2D eigenvalue weighted by molar-refractivity contribution is 5.84. The summed E-state index contributed by atoms with van der Waals surface area (Å²) in [7, 11) is 0. The molecular weight excluding hydrogens is 288 g/mol. The van der Waals surface area contributed by atoms with Gasteiger partial charge in [-0.05, 0) is 25.3 Å². The van der Waals surface area contributed by atoms with Crippen molar-refractivity contribution in [2.75, 3.05) is 6.54 Å². The van der Waals surface area contributed by atoms with E-state index in [1.165, 1.54) is 6.92 Å². The van der Waals surface area contributed by atoms with Crippen molar-refractivity contribution >= 4 is 18.0 Å². The van der Waals surface area contributed by atoms with E-state index < -0.39 is 18.2 Å². The summed E-state index contributed by atoms with van der Waals surface area (Å²) in [5.74, 6) is -0.256. The molecule has 0 saturated heterocycles. The van der Waals surface area contributed by atoms with Crippen LogP contribution in [0.3, 0.4) is 0 Å². The Kier molecular flexibility index (Phi) is 7.45. The predicted octanol–water partition coefficient (Wildman–Crippen LogP) is 1.92. The average molecular weight is 308 g/mol. The van der Waals surface area contributed by atoms with Crippen molar-refractivity contribution in [1.29, 1.82) is 0 Å². The average Bonchev–Trinajstić information content (AvgIpc) is 2.48. The first kappa shape index (κ1) is 17.5. The van der Waals surface area contributed by atoms with Crippen LogP contribution in [-0.4, -0.2) is 35.7 Å². The number of carboxylic acid groups (broad SMARTS) is 1. The molecular formula is C15H20N2O5. The minimum Gasteiger partial charge on any atom is -0.465 e. The van der Waals surface area contributed by atoms with E-state index >= 15 is 0 Å². The number of hydrogen-bond donors (Lipinski definition) is 3. The molecule has 22 heavy (non-hydrogen) atoms. The third-order valence-electron chi connectivity index (χ3n) is 2.94. The van der Waals surface area contributed by atoms with Crippen molar-refractivity contribution in [1.82, 2.24) is 10.6 Å². The lowest BCUT2D eigenvalue weighted by Crippen LogP contribution is -2.39. The summed E-state index contributed by atoms with van der Waals surface area (Å²) >= 11 is 0. The Labute approximate surface area is 128 Å². The second kappa shape index (κ2) is 9.38. The summed E-state index contributed by atoms with van der Waals surface area (Å²) in [6.07, 6.45) is -1.00. The number of rotatable bonds is 8. The molecule has 1 atom stereocenters. The van der Waals surface area contributed by atoms with E-state index in [2.05, 4.69) is 10.6 Å². The number of ether oxygens (including phenoxy) is 1. The van der Waals surface area contributed by atoms with Crippen LogP contribution in [0.4, 0.5) is 9.59 Å². The Morgan fingerprint density at radius 2 is 1.91 bits per heavy atom. The van der Waals surface area contributed by atoms with E-state index in [-0.39, 0.29) is 12.4 Å². The van der Waals surface area contributed by atoms with Crippen molar-refractivity contribution in [3.63, 3.8) is 0 Å². The number of benzene rings is 1. The maximum Gasteiger partial charge on any atom is 0.407 e. The third kappa shape index (κ3) is 7.28. The molecule has 1 aromatic rings. The maximum atomic E-state index is 11.5. The molecule has 0 spiro atoms. The van der Waals surface area contributed by atoms with Crippen LogP contribution in [0.5, 0.6) is 0 Å². The topological polar surface area (TPSA) is 105 Å². The first-order valence-electron chi connectivity index (χ1n) is 6.93. The number of carbonyl (C=O) groups excluding carboxylic acids is 2. The summed E-state index contributed by atoms with van der Waals surface area (Å²) in [6.45, 7) is 1.81. The second-order valence-corrected chi connectivity index (χ2v) is 4.74. The zero-order valence-electron chi connectivity index (χ0n) is 12.4. The van der Waals surface area contributed by atoms with Gasteiger partial charge in [0.2, 0.25) is 0 Å². The lowest BCUT2D eigenvalue weighted by Gasteiger charge is -2.13. The number of amides is 2. The quantitative estimate of drug-likeness (QED) is 0.636. The Balaban J connectivity index is 2.19. The number of carbonyl (C=O) groups is 3. The molecule has 0 fully saturated rings. The molecule has 0 aliphatic rings. The Morgan fingerprint density at radius 3 is 2.50 bits per heavy atom. The van der Waals surface area contributed by atoms with E-state index in [9.17, 15) is 14.4 Å². The molecule has 0 aliphatic heterocycles. The summed E-state index contributed by atoms with van der Waals surface area (Å²) in [5, 5.41) is 13.3. The highest BCUT2D eigenvalue weighted by Gasteiger charge is 2.15. The van der Waals surface area contributed by atoms with Gasteiger partial charge in [-0.1, -0.05) is 30.3 Å². The molecule has 1 rings (SSSR count). The van der Waals surface area contributed by atoms with E-state index in [1.807, 2.05) is 30.3 Å². The maximum absolute atomic E-state index is 11.5. The predicted molar refractivity (Wildman–Crippen MR) is 79.5 cm³/mol. The van der Waals surface area contributed by atoms with Crippen LogP contribution < -0.4 is 10.6 Å². The molecule has 0 unspecified atom stereocenters. The van der Waals surface area contributed by atoms with E-state index in [4.69, 9.17) is 9.84 Å². The van der Waals surface area contributed by atoms with Crippen LogP contribution in [0.25, 0.3) is 0 Å². The molecule has 0 aromatic heterocycles. The monoisotopic (exact) mass is 308 g/mol. The van der Waals surface area contributed by atoms with E-state index in [0.717, 1.165) is 5.56 Å². The molecule has 0 radical (unpaired) electrons. The van der Waals surface area contributed by atoms with Gasteiger partial charge in [-0.25, -0.2) is 9.59 Å². The van der Waals surface area contributed by atoms with Gasteiger partial charge in [-0.3, -0.25) is 4.79 Å². The highest BCUT2D eigenvalue weighted by Crippen LogP contribution is 2.01. The third-order valence-corrected chi connectivity index (χ3v) is 2.94. The van der Waals surface area contributed by atoms with Gasteiger partial charge in [0.15, 0.2) is 5.78 Å². The van der Waals surface area contributed by atoms with Gasteiger partial charge in [-0.2, -0.15) is 0 Å². The number of Topliss-reactive ketones (excluding diaryl/α,β-unsaturated/α-hetero) is 1. The summed E-state index contributed by atoms with van der Waals surface area (Å²) in [4.78, 5) is 33.2.